The molecule has 122 valence electrons. The summed E-state index contributed by atoms with van der Waals surface area (Å²) in [7, 11) is 0. The topological polar surface area (TPSA) is 30.2 Å². The van der Waals surface area contributed by atoms with Crippen LogP contribution in [0.4, 0.5) is 0 Å². The number of carbonyl (C=O) groups is 1. The predicted octanol–water partition coefficient (Wildman–Crippen LogP) is 4.13. The Balaban J connectivity index is 2.11. The molecule has 3 rings (SSSR count). The molecule has 2 aromatic carbocycles. The molecule has 0 aliphatic carbocycles. The third kappa shape index (κ3) is 3.62. The van der Waals surface area contributed by atoms with Crippen molar-refractivity contribution in [3.8, 4) is 0 Å². The number of nitrogens with zero attached hydrogens (tertiary/aromatic N) is 1. The van der Waals surface area contributed by atoms with Gasteiger partial charge >= 0.3 is 5.97 Å². The summed E-state index contributed by atoms with van der Waals surface area (Å²) in [5.74, 6) is -0.296. The molecule has 1 heterocycles. The highest BCUT2D eigenvalue weighted by Gasteiger charge is 2.28. The van der Waals surface area contributed by atoms with Gasteiger partial charge in [0.2, 0.25) is 0 Å². The van der Waals surface area contributed by atoms with Crippen LogP contribution in [0.25, 0.3) is 10.8 Å². The van der Waals surface area contributed by atoms with E-state index in [1.807, 2.05) is 80.1 Å². The van der Waals surface area contributed by atoms with Crippen LogP contribution in [-0.2, 0) is 11.3 Å². The summed E-state index contributed by atoms with van der Waals surface area (Å²) in [5, 5.41) is 1.94. The van der Waals surface area contributed by atoms with Crippen molar-refractivity contribution in [3.05, 3.63) is 78.1 Å². The molecule has 0 atom stereocenters. The first-order valence-corrected chi connectivity index (χ1v) is 8.12. The molecule has 24 heavy (non-hydrogen) atoms. The number of aromatic nitrogens is 1. The number of hydrogen-bond donors (Lipinski definition) is 0. The molecule has 0 radical (unpaired) electrons. The van der Waals surface area contributed by atoms with E-state index in [-0.39, 0.29) is 5.97 Å². The number of rotatable bonds is 3. The largest absolute Gasteiger partial charge is 0.452 e. The van der Waals surface area contributed by atoms with Crippen molar-refractivity contribution >= 4 is 16.7 Å². The molecule has 3 heteroatoms. The molecule has 0 unspecified atom stereocenters. The Bertz CT molecular complexity index is 864. The Morgan fingerprint density at radius 3 is 2.33 bits per heavy atom. The predicted molar refractivity (Wildman–Crippen MR) is 94.9 cm³/mol. The first kappa shape index (κ1) is 16.2. The van der Waals surface area contributed by atoms with Gasteiger partial charge in [0, 0.05) is 11.6 Å². The van der Waals surface area contributed by atoms with Crippen molar-refractivity contribution in [2.24, 2.45) is 0 Å². The van der Waals surface area contributed by atoms with Crippen LogP contribution in [-0.4, -0.2) is 11.6 Å². The standard InChI is InChI=1S/C21H22NO2/c1-21(2,3)24-20(23)19-18-12-8-7-11-17(18)13-14-22(19)15-16-9-5-4-6-10-16/h4-14H,15H2,1-3H3/q+1. The lowest BCUT2D eigenvalue weighted by Gasteiger charge is -2.19. The Labute approximate surface area is 142 Å². The molecule has 1 aromatic heterocycles. The quantitative estimate of drug-likeness (QED) is 0.536. The van der Waals surface area contributed by atoms with Crippen LogP contribution in [0.3, 0.4) is 0 Å². The SMILES string of the molecule is CC(C)(C)OC(=O)c1c2ccccc2cc[n+]1Cc1ccccc1. The Morgan fingerprint density at radius 2 is 1.62 bits per heavy atom. The molecule has 0 spiro atoms. The first-order chi connectivity index (χ1) is 11.4. The molecule has 0 aliphatic heterocycles. The van der Waals surface area contributed by atoms with E-state index < -0.39 is 5.60 Å². The summed E-state index contributed by atoms with van der Waals surface area (Å²) in [6.45, 7) is 6.28. The minimum absolute atomic E-state index is 0.296. The van der Waals surface area contributed by atoms with Gasteiger partial charge < -0.3 is 4.74 Å². The smallest absolute Gasteiger partial charge is 0.404 e. The highest BCUT2D eigenvalue weighted by atomic mass is 16.6. The van der Waals surface area contributed by atoms with Gasteiger partial charge in [0.05, 0.1) is 5.39 Å². The van der Waals surface area contributed by atoms with Crippen LogP contribution in [0, 0.1) is 0 Å². The fourth-order valence-electron chi connectivity index (χ4n) is 2.72. The third-order valence-corrected chi connectivity index (χ3v) is 3.73. The Morgan fingerprint density at radius 1 is 0.958 bits per heavy atom. The van der Waals surface area contributed by atoms with Crippen molar-refractivity contribution in [2.75, 3.05) is 0 Å². The van der Waals surface area contributed by atoms with Crippen LogP contribution in [0.1, 0.15) is 36.8 Å². The molecule has 0 N–H and O–H groups in total. The van der Waals surface area contributed by atoms with Crippen LogP contribution in [0.5, 0.6) is 0 Å². The molecular formula is C21H22NO2+. The van der Waals surface area contributed by atoms with Crippen LogP contribution >= 0.6 is 0 Å². The third-order valence-electron chi connectivity index (χ3n) is 3.73. The van der Waals surface area contributed by atoms with Gasteiger partial charge in [-0.3, -0.25) is 0 Å². The van der Waals surface area contributed by atoms with E-state index in [4.69, 9.17) is 4.74 Å². The van der Waals surface area contributed by atoms with E-state index >= 15 is 0 Å². The summed E-state index contributed by atoms with van der Waals surface area (Å²) in [4.78, 5) is 12.8. The summed E-state index contributed by atoms with van der Waals surface area (Å²) in [5.41, 5.74) is 1.20. The summed E-state index contributed by atoms with van der Waals surface area (Å²) in [6, 6.07) is 20.0. The first-order valence-electron chi connectivity index (χ1n) is 8.12. The average Bonchev–Trinajstić information content (AvgIpc) is 2.54. The number of esters is 1. The van der Waals surface area contributed by atoms with Crippen LogP contribution in [0.15, 0.2) is 66.9 Å². The fourth-order valence-corrected chi connectivity index (χ4v) is 2.72. The normalized spacial score (nSPS) is 11.5. The monoisotopic (exact) mass is 320 g/mol. The summed E-state index contributed by atoms with van der Waals surface area (Å²) in [6.07, 6.45) is 1.95. The second-order valence-electron chi connectivity index (χ2n) is 6.87. The number of carbonyl (C=O) groups excluding carboxylic acids is 1. The van der Waals surface area contributed by atoms with E-state index in [1.165, 1.54) is 0 Å². The van der Waals surface area contributed by atoms with Crippen LogP contribution < -0.4 is 4.57 Å². The highest BCUT2D eigenvalue weighted by Crippen LogP contribution is 2.19. The lowest BCUT2D eigenvalue weighted by molar-refractivity contribution is -0.689. The molecule has 3 aromatic rings. The van der Waals surface area contributed by atoms with Crippen LogP contribution in [0.2, 0.25) is 0 Å². The van der Waals surface area contributed by atoms with Crippen molar-refractivity contribution in [1.82, 2.24) is 0 Å². The lowest BCUT2D eigenvalue weighted by atomic mass is 10.1. The van der Waals surface area contributed by atoms with Gasteiger partial charge in [-0.1, -0.05) is 48.5 Å². The van der Waals surface area contributed by atoms with Gasteiger partial charge in [0.25, 0.3) is 5.69 Å². The number of pyridine rings is 1. The van der Waals surface area contributed by atoms with E-state index in [2.05, 4.69) is 12.1 Å². The maximum absolute atomic E-state index is 12.8. The second-order valence-corrected chi connectivity index (χ2v) is 6.87. The summed E-state index contributed by atoms with van der Waals surface area (Å²) < 4.78 is 7.61. The van der Waals surface area contributed by atoms with E-state index in [1.54, 1.807) is 0 Å². The van der Waals surface area contributed by atoms with Crippen molar-refractivity contribution in [3.63, 3.8) is 0 Å². The number of hydrogen-bond acceptors (Lipinski definition) is 2. The van der Waals surface area contributed by atoms with E-state index in [0.29, 0.717) is 12.2 Å². The van der Waals surface area contributed by atoms with E-state index in [9.17, 15) is 4.79 Å². The van der Waals surface area contributed by atoms with E-state index in [0.717, 1.165) is 16.3 Å². The zero-order valence-corrected chi connectivity index (χ0v) is 14.3. The van der Waals surface area contributed by atoms with Crippen molar-refractivity contribution in [1.29, 1.82) is 0 Å². The maximum Gasteiger partial charge on any atom is 0.404 e. The van der Waals surface area contributed by atoms with Gasteiger partial charge in [-0.2, -0.15) is 4.57 Å². The van der Waals surface area contributed by atoms with Gasteiger partial charge in [-0.15, -0.1) is 0 Å². The van der Waals surface area contributed by atoms with Crippen molar-refractivity contribution in [2.45, 2.75) is 32.9 Å². The zero-order valence-electron chi connectivity index (χ0n) is 14.3. The average molecular weight is 320 g/mol. The number of fused-ring (bicyclic) bond motifs is 1. The molecule has 0 saturated heterocycles. The number of ether oxygens (including phenoxy) is 1. The minimum atomic E-state index is -0.529. The molecule has 0 aliphatic rings. The van der Waals surface area contributed by atoms with Gasteiger partial charge in [0.15, 0.2) is 12.7 Å². The maximum atomic E-state index is 12.8. The van der Waals surface area contributed by atoms with Gasteiger partial charge in [-0.05, 0) is 32.2 Å². The lowest BCUT2D eigenvalue weighted by Crippen LogP contribution is -2.42. The molecule has 3 nitrogen and oxygen atoms in total. The van der Waals surface area contributed by atoms with Crippen molar-refractivity contribution < 1.29 is 14.1 Å². The molecular weight excluding hydrogens is 298 g/mol. The minimum Gasteiger partial charge on any atom is -0.452 e. The fraction of sp³-hybridized carbons (Fsp3) is 0.238. The molecule has 0 amide bonds. The summed E-state index contributed by atoms with van der Waals surface area (Å²) >= 11 is 0. The Kier molecular flexibility index (Phi) is 4.34. The zero-order chi connectivity index (χ0) is 17.2. The van der Waals surface area contributed by atoms with Gasteiger partial charge in [-0.25, -0.2) is 4.79 Å². The molecule has 0 saturated carbocycles. The molecule has 0 bridgehead atoms. The highest BCUT2D eigenvalue weighted by molar-refractivity contribution is 6.01. The number of benzene rings is 2. The van der Waals surface area contributed by atoms with Gasteiger partial charge in [0.1, 0.15) is 5.60 Å². The second kappa shape index (κ2) is 6.44. The molecule has 0 fully saturated rings. The Hall–Kier alpha value is -2.68.